The Kier molecular flexibility index (Phi) is 4.52. The van der Waals surface area contributed by atoms with Gasteiger partial charge in [-0.25, -0.2) is 4.98 Å². The first-order valence-electron chi connectivity index (χ1n) is 6.95. The summed E-state index contributed by atoms with van der Waals surface area (Å²) in [5.41, 5.74) is 5.12. The zero-order chi connectivity index (χ0) is 14.8. The molecule has 20 heavy (non-hydrogen) atoms. The quantitative estimate of drug-likeness (QED) is 0.929. The van der Waals surface area contributed by atoms with E-state index in [0.29, 0.717) is 24.8 Å². The minimum absolute atomic E-state index is 0.0738. The molecule has 0 bridgehead atoms. The average molecular weight is 287 g/mol. The van der Waals surface area contributed by atoms with Crippen LogP contribution in [0.25, 0.3) is 0 Å². The molecule has 1 aromatic heterocycles. The maximum Gasteiger partial charge on any atom is 0.416 e. The largest absolute Gasteiger partial charge is 0.416 e. The zero-order valence-corrected chi connectivity index (χ0v) is 11.5. The van der Waals surface area contributed by atoms with Gasteiger partial charge in [-0.15, -0.1) is 0 Å². The van der Waals surface area contributed by atoms with Gasteiger partial charge in [0.2, 0.25) is 0 Å². The van der Waals surface area contributed by atoms with Crippen molar-refractivity contribution in [3.05, 3.63) is 23.9 Å². The predicted molar refractivity (Wildman–Crippen MR) is 72.4 cm³/mol. The molecular formula is C14H20F3N3. The smallest absolute Gasteiger partial charge is 0.352 e. The van der Waals surface area contributed by atoms with Crippen LogP contribution in [0.1, 0.15) is 31.7 Å². The molecule has 0 aliphatic carbocycles. The summed E-state index contributed by atoms with van der Waals surface area (Å²) < 4.78 is 38.3. The summed E-state index contributed by atoms with van der Waals surface area (Å²) in [5, 5.41) is 0. The lowest BCUT2D eigenvalue weighted by Crippen LogP contribution is -2.47. The molecule has 1 aliphatic rings. The van der Waals surface area contributed by atoms with E-state index in [0.717, 1.165) is 31.4 Å². The second kappa shape index (κ2) is 5.99. The molecule has 1 fully saturated rings. The van der Waals surface area contributed by atoms with Crippen LogP contribution in [0.2, 0.25) is 0 Å². The van der Waals surface area contributed by atoms with E-state index in [1.54, 1.807) is 0 Å². The number of alkyl halides is 3. The Morgan fingerprint density at radius 2 is 2.20 bits per heavy atom. The summed E-state index contributed by atoms with van der Waals surface area (Å²) in [6.45, 7) is 3.29. The second-order valence-electron chi connectivity index (χ2n) is 5.28. The number of aromatic nitrogens is 1. The first-order chi connectivity index (χ1) is 9.45. The van der Waals surface area contributed by atoms with E-state index < -0.39 is 11.7 Å². The number of anilines is 1. The van der Waals surface area contributed by atoms with Crippen LogP contribution >= 0.6 is 0 Å². The highest BCUT2D eigenvalue weighted by atomic mass is 19.4. The Balaban J connectivity index is 2.22. The van der Waals surface area contributed by atoms with Crippen LogP contribution in [-0.2, 0) is 6.18 Å². The van der Waals surface area contributed by atoms with Crippen LogP contribution in [-0.4, -0.2) is 24.1 Å². The molecule has 2 heterocycles. The summed E-state index contributed by atoms with van der Waals surface area (Å²) >= 11 is 0. The van der Waals surface area contributed by atoms with E-state index >= 15 is 0 Å². The van der Waals surface area contributed by atoms with E-state index in [4.69, 9.17) is 5.73 Å². The van der Waals surface area contributed by atoms with Crippen LogP contribution in [0, 0.1) is 5.92 Å². The number of rotatable bonds is 3. The number of hydrogen-bond donors (Lipinski definition) is 1. The van der Waals surface area contributed by atoms with Crippen molar-refractivity contribution in [3.63, 3.8) is 0 Å². The lowest BCUT2D eigenvalue weighted by molar-refractivity contribution is -0.137. The number of piperidine rings is 1. The molecule has 0 saturated carbocycles. The Morgan fingerprint density at radius 3 is 2.80 bits per heavy atom. The molecule has 2 atom stereocenters. The van der Waals surface area contributed by atoms with E-state index in [1.165, 1.54) is 6.20 Å². The van der Waals surface area contributed by atoms with Gasteiger partial charge in [0.25, 0.3) is 0 Å². The molecule has 2 unspecified atom stereocenters. The van der Waals surface area contributed by atoms with Gasteiger partial charge in [0.05, 0.1) is 5.56 Å². The first-order valence-corrected chi connectivity index (χ1v) is 6.95. The Morgan fingerprint density at radius 1 is 1.45 bits per heavy atom. The number of pyridine rings is 1. The molecule has 3 nitrogen and oxygen atoms in total. The molecular weight excluding hydrogens is 267 g/mol. The minimum Gasteiger partial charge on any atom is -0.352 e. The zero-order valence-electron chi connectivity index (χ0n) is 11.5. The lowest BCUT2D eigenvalue weighted by Gasteiger charge is -2.39. The van der Waals surface area contributed by atoms with Crippen molar-refractivity contribution in [2.45, 2.75) is 38.4 Å². The third kappa shape index (κ3) is 3.23. The highest BCUT2D eigenvalue weighted by Crippen LogP contribution is 2.33. The maximum atomic E-state index is 12.8. The molecule has 1 saturated heterocycles. The summed E-state index contributed by atoms with van der Waals surface area (Å²) in [4.78, 5) is 6.01. The van der Waals surface area contributed by atoms with Crippen LogP contribution in [0.15, 0.2) is 18.3 Å². The maximum absolute atomic E-state index is 12.8. The fourth-order valence-electron chi connectivity index (χ4n) is 2.78. The third-order valence-corrected chi connectivity index (χ3v) is 4.04. The lowest BCUT2D eigenvalue weighted by atomic mass is 9.89. The number of hydrogen-bond acceptors (Lipinski definition) is 3. The van der Waals surface area contributed by atoms with Gasteiger partial charge in [0.1, 0.15) is 5.82 Å². The topological polar surface area (TPSA) is 42.2 Å². The molecule has 1 aliphatic heterocycles. The Hall–Kier alpha value is -1.30. The molecule has 2 rings (SSSR count). The highest BCUT2D eigenvalue weighted by molar-refractivity contribution is 5.43. The minimum atomic E-state index is -4.34. The molecule has 0 amide bonds. The van der Waals surface area contributed by atoms with E-state index in [9.17, 15) is 13.2 Å². The molecule has 2 N–H and O–H groups in total. The summed E-state index contributed by atoms with van der Waals surface area (Å²) in [7, 11) is 0. The molecule has 0 aromatic carbocycles. The third-order valence-electron chi connectivity index (χ3n) is 4.04. The Bertz CT molecular complexity index is 448. The predicted octanol–water partition coefficient (Wildman–Crippen LogP) is 3.05. The van der Waals surface area contributed by atoms with E-state index in [-0.39, 0.29) is 6.04 Å². The van der Waals surface area contributed by atoms with Gasteiger partial charge >= 0.3 is 6.18 Å². The van der Waals surface area contributed by atoms with Crippen molar-refractivity contribution in [3.8, 4) is 0 Å². The van der Waals surface area contributed by atoms with Gasteiger partial charge in [-0.2, -0.15) is 13.2 Å². The van der Waals surface area contributed by atoms with Crippen molar-refractivity contribution in [1.82, 2.24) is 4.98 Å². The van der Waals surface area contributed by atoms with Crippen molar-refractivity contribution in [1.29, 1.82) is 0 Å². The SMILES string of the molecule is CCC1CCN(c2cc(C(F)(F)F)ccn2)C(CN)C1. The normalized spacial score (nSPS) is 23.9. The number of halogens is 3. The molecule has 1 aromatic rings. The van der Waals surface area contributed by atoms with Crippen molar-refractivity contribution >= 4 is 5.82 Å². The van der Waals surface area contributed by atoms with Crippen molar-refractivity contribution < 1.29 is 13.2 Å². The second-order valence-corrected chi connectivity index (χ2v) is 5.28. The van der Waals surface area contributed by atoms with Crippen LogP contribution < -0.4 is 10.6 Å². The van der Waals surface area contributed by atoms with Gasteiger partial charge in [-0.3, -0.25) is 0 Å². The monoisotopic (exact) mass is 287 g/mol. The fourth-order valence-corrected chi connectivity index (χ4v) is 2.78. The fraction of sp³-hybridized carbons (Fsp3) is 0.643. The van der Waals surface area contributed by atoms with Crippen molar-refractivity contribution in [2.75, 3.05) is 18.0 Å². The van der Waals surface area contributed by atoms with E-state index in [2.05, 4.69) is 11.9 Å². The summed E-state index contributed by atoms with van der Waals surface area (Å²) in [5.74, 6) is 0.982. The summed E-state index contributed by atoms with van der Waals surface area (Å²) in [6, 6.07) is 2.19. The first kappa shape index (κ1) is 15.1. The van der Waals surface area contributed by atoms with E-state index in [1.807, 2.05) is 4.90 Å². The molecule has 6 heteroatoms. The molecule has 0 spiro atoms. The number of nitrogens with two attached hydrogens (primary N) is 1. The van der Waals surface area contributed by atoms with Gasteiger partial charge in [0.15, 0.2) is 0 Å². The standard InChI is InChI=1S/C14H20F3N3/c1-2-10-4-6-20(12(7-10)9-18)13-8-11(3-5-19-13)14(15,16)17/h3,5,8,10,12H,2,4,6-7,9,18H2,1H3. The van der Waals surface area contributed by atoms with Crippen LogP contribution in [0.5, 0.6) is 0 Å². The van der Waals surface area contributed by atoms with Gasteiger partial charge in [-0.1, -0.05) is 13.3 Å². The van der Waals surface area contributed by atoms with Gasteiger partial charge < -0.3 is 10.6 Å². The highest BCUT2D eigenvalue weighted by Gasteiger charge is 2.33. The van der Waals surface area contributed by atoms with Gasteiger partial charge in [-0.05, 0) is 30.9 Å². The van der Waals surface area contributed by atoms with Gasteiger partial charge in [0, 0.05) is 25.3 Å². The van der Waals surface area contributed by atoms with Crippen LogP contribution in [0.3, 0.4) is 0 Å². The number of nitrogens with zero attached hydrogens (tertiary/aromatic N) is 2. The molecule has 0 radical (unpaired) electrons. The molecule has 112 valence electrons. The average Bonchev–Trinajstić information content (AvgIpc) is 2.45. The van der Waals surface area contributed by atoms with Crippen molar-refractivity contribution in [2.24, 2.45) is 11.7 Å². The Labute approximate surface area is 117 Å². The summed E-state index contributed by atoms with van der Waals surface area (Å²) in [6.07, 6.45) is -0.133. The van der Waals surface area contributed by atoms with Crippen LogP contribution in [0.4, 0.5) is 19.0 Å².